The first-order valence-electron chi connectivity index (χ1n) is 10.0. The molecule has 1 N–H and O–H groups in total. The van der Waals surface area contributed by atoms with Gasteiger partial charge in [-0.3, -0.25) is 24.1 Å². The molecule has 4 amide bonds. The fourth-order valence-corrected chi connectivity index (χ4v) is 3.88. The number of halogens is 1. The van der Waals surface area contributed by atoms with Crippen LogP contribution in [0.4, 0.5) is 5.69 Å². The van der Waals surface area contributed by atoms with Crippen molar-refractivity contribution in [3.8, 4) is 0 Å². The van der Waals surface area contributed by atoms with Crippen LogP contribution in [0.15, 0.2) is 40.9 Å². The lowest BCUT2D eigenvalue weighted by molar-refractivity contribution is -0.116. The van der Waals surface area contributed by atoms with Gasteiger partial charge in [0.25, 0.3) is 17.7 Å². The molecule has 0 fully saturated rings. The lowest BCUT2D eigenvalue weighted by Crippen LogP contribution is -2.35. The second-order valence-corrected chi connectivity index (χ2v) is 8.46. The van der Waals surface area contributed by atoms with Crippen LogP contribution in [-0.2, 0) is 4.79 Å². The van der Waals surface area contributed by atoms with E-state index in [-0.39, 0.29) is 35.4 Å². The highest BCUT2D eigenvalue weighted by Crippen LogP contribution is 2.25. The first-order valence-corrected chi connectivity index (χ1v) is 10.8. The van der Waals surface area contributed by atoms with Crippen molar-refractivity contribution in [3.63, 3.8) is 0 Å². The standard InChI is InChI=1S/C23H24BrN3O4/c1-4-5-10-27-22(30)17-8-6-15(12-18(17)23(27)31)21(29)26(3)13-20(28)25-19-9-7-16(24)11-14(19)2/h6-9,11-12H,4-5,10,13H2,1-3H3,(H,25,28). The highest BCUT2D eigenvalue weighted by atomic mass is 79.9. The van der Waals surface area contributed by atoms with Crippen molar-refractivity contribution in [2.45, 2.75) is 26.7 Å². The number of unbranched alkanes of at least 4 members (excludes halogenated alkanes) is 1. The largest absolute Gasteiger partial charge is 0.332 e. The van der Waals surface area contributed by atoms with Crippen molar-refractivity contribution >= 4 is 45.2 Å². The molecule has 7 nitrogen and oxygen atoms in total. The number of hydrogen-bond donors (Lipinski definition) is 1. The highest BCUT2D eigenvalue weighted by molar-refractivity contribution is 9.10. The number of fused-ring (bicyclic) bond motifs is 1. The summed E-state index contributed by atoms with van der Waals surface area (Å²) in [7, 11) is 1.52. The van der Waals surface area contributed by atoms with Crippen molar-refractivity contribution in [1.29, 1.82) is 0 Å². The number of carbonyl (C=O) groups excluding carboxylic acids is 4. The molecule has 1 heterocycles. The van der Waals surface area contributed by atoms with Gasteiger partial charge in [0, 0.05) is 29.3 Å². The van der Waals surface area contributed by atoms with E-state index >= 15 is 0 Å². The first kappa shape index (κ1) is 22.7. The predicted octanol–water partition coefficient (Wildman–Crippen LogP) is 3.86. The Hall–Kier alpha value is -3.00. The van der Waals surface area contributed by atoms with Crippen LogP contribution in [-0.4, -0.2) is 53.6 Å². The number of imide groups is 1. The topological polar surface area (TPSA) is 86.8 Å². The second kappa shape index (κ2) is 9.43. The molecule has 8 heteroatoms. The quantitative estimate of drug-likeness (QED) is 0.603. The summed E-state index contributed by atoms with van der Waals surface area (Å²) in [6, 6.07) is 9.96. The van der Waals surface area contributed by atoms with Gasteiger partial charge in [-0.25, -0.2) is 0 Å². The molecular formula is C23H24BrN3O4. The van der Waals surface area contributed by atoms with Gasteiger partial charge in [-0.2, -0.15) is 0 Å². The molecule has 0 atom stereocenters. The highest BCUT2D eigenvalue weighted by Gasteiger charge is 2.35. The Kier molecular flexibility index (Phi) is 6.90. The monoisotopic (exact) mass is 485 g/mol. The normalized spacial score (nSPS) is 12.7. The lowest BCUT2D eigenvalue weighted by atomic mass is 10.0. The minimum Gasteiger partial charge on any atom is -0.332 e. The van der Waals surface area contributed by atoms with E-state index < -0.39 is 5.91 Å². The van der Waals surface area contributed by atoms with Crippen molar-refractivity contribution in [1.82, 2.24) is 9.80 Å². The third-order valence-corrected chi connectivity index (χ3v) is 5.64. The van der Waals surface area contributed by atoms with E-state index in [4.69, 9.17) is 0 Å². The maximum Gasteiger partial charge on any atom is 0.261 e. The number of carbonyl (C=O) groups is 4. The van der Waals surface area contributed by atoms with Crippen molar-refractivity contribution in [3.05, 3.63) is 63.1 Å². The zero-order valence-electron chi connectivity index (χ0n) is 17.7. The lowest BCUT2D eigenvalue weighted by Gasteiger charge is -2.18. The molecule has 0 aliphatic carbocycles. The Morgan fingerprint density at radius 1 is 1.06 bits per heavy atom. The maximum atomic E-state index is 12.8. The SMILES string of the molecule is CCCCN1C(=O)c2ccc(C(=O)N(C)CC(=O)Nc3ccc(Br)cc3C)cc2C1=O. The summed E-state index contributed by atoms with van der Waals surface area (Å²) in [5.74, 6) is -1.45. The minimum atomic E-state index is -0.405. The molecular weight excluding hydrogens is 462 g/mol. The number of hydrogen-bond acceptors (Lipinski definition) is 4. The van der Waals surface area contributed by atoms with Crippen LogP contribution in [0, 0.1) is 6.92 Å². The molecule has 1 aliphatic rings. The first-order chi connectivity index (χ1) is 14.7. The van der Waals surface area contributed by atoms with Gasteiger partial charge in [0.1, 0.15) is 0 Å². The van der Waals surface area contributed by atoms with Gasteiger partial charge in [-0.05, 0) is 55.3 Å². The molecule has 1 aliphatic heterocycles. The molecule has 3 rings (SSSR count). The summed E-state index contributed by atoms with van der Waals surface area (Å²) in [6.07, 6.45) is 1.59. The summed E-state index contributed by atoms with van der Waals surface area (Å²) in [6.45, 7) is 4.07. The molecule has 0 radical (unpaired) electrons. The summed E-state index contributed by atoms with van der Waals surface area (Å²) < 4.78 is 0.910. The Morgan fingerprint density at radius 3 is 2.45 bits per heavy atom. The average Bonchev–Trinajstić information content (AvgIpc) is 2.97. The molecule has 0 saturated carbocycles. The number of anilines is 1. The molecule has 2 aromatic carbocycles. The molecule has 0 aromatic heterocycles. The summed E-state index contributed by atoms with van der Waals surface area (Å²) in [4.78, 5) is 52.8. The van der Waals surface area contributed by atoms with E-state index in [1.165, 1.54) is 35.0 Å². The Labute approximate surface area is 189 Å². The van der Waals surface area contributed by atoms with Gasteiger partial charge in [0.05, 0.1) is 17.7 Å². The summed E-state index contributed by atoms with van der Waals surface area (Å²) in [5.41, 5.74) is 2.36. The van der Waals surface area contributed by atoms with E-state index in [1.54, 1.807) is 6.07 Å². The van der Waals surface area contributed by atoms with Gasteiger partial charge < -0.3 is 10.2 Å². The van der Waals surface area contributed by atoms with Gasteiger partial charge >= 0.3 is 0 Å². The van der Waals surface area contributed by atoms with Gasteiger partial charge in [-0.1, -0.05) is 29.3 Å². The molecule has 0 bridgehead atoms. The van der Waals surface area contributed by atoms with Gasteiger partial charge in [0.15, 0.2) is 0 Å². The van der Waals surface area contributed by atoms with Crippen molar-refractivity contribution < 1.29 is 19.2 Å². The van der Waals surface area contributed by atoms with Crippen LogP contribution in [0.25, 0.3) is 0 Å². The van der Waals surface area contributed by atoms with Crippen molar-refractivity contribution in [2.24, 2.45) is 0 Å². The Bertz CT molecular complexity index is 1070. The number of rotatable bonds is 7. The van der Waals surface area contributed by atoms with Crippen LogP contribution in [0.2, 0.25) is 0 Å². The number of amides is 4. The van der Waals surface area contributed by atoms with Crippen LogP contribution >= 0.6 is 15.9 Å². The van der Waals surface area contributed by atoms with E-state index in [1.807, 2.05) is 26.0 Å². The van der Waals surface area contributed by atoms with E-state index in [2.05, 4.69) is 21.2 Å². The van der Waals surface area contributed by atoms with E-state index in [0.717, 1.165) is 22.9 Å². The molecule has 2 aromatic rings. The number of nitrogens with zero attached hydrogens (tertiary/aromatic N) is 2. The minimum absolute atomic E-state index is 0.152. The smallest absolute Gasteiger partial charge is 0.261 e. The zero-order valence-corrected chi connectivity index (χ0v) is 19.3. The molecule has 0 unspecified atom stereocenters. The molecule has 162 valence electrons. The third-order valence-electron chi connectivity index (χ3n) is 5.14. The zero-order chi connectivity index (χ0) is 22.7. The molecule has 31 heavy (non-hydrogen) atoms. The summed E-state index contributed by atoms with van der Waals surface area (Å²) in [5, 5.41) is 2.80. The average molecular weight is 486 g/mol. The van der Waals surface area contributed by atoms with Crippen LogP contribution in [0.3, 0.4) is 0 Å². The molecule has 0 saturated heterocycles. The number of aryl methyl sites for hydroxylation is 1. The van der Waals surface area contributed by atoms with E-state index in [9.17, 15) is 19.2 Å². The van der Waals surface area contributed by atoms with Crippen LogP contribution < -0.4 is 5.32 Å². The van der Waals surface area contributed by atoms with Crippen molar-refractivity contribution in [2.75, 3.05) is 25.5 Å². The fourth-order valence-electron chi connectivity index (χ4n) is 3.41. The second-order valence-electron chi connectivity index (χ2n) is 7.54. The number of benzene rings is 2. The maximum absolute atomic E-state index is 12.8. The number of likely N-dealkylation sites (N-methyl/N-ethyl adjacent to an activating group) is 1. The summed E-state index contributed by atoms with van der Waals surface area (Å²) >= 11 is 3.38. The Morgan fingerprint density at radius 2 is 1.77 bits per heavy atom. The van der Waals surface area contributed by atoms with Gasteiger partial charge in [0.2, 0.25) is 5.91 Å². The fraction of sp³-hybridized carbons (Fsp3) is 0.304. The van der Waals surface area contributed by atoms with Gasteiger partial charge in [-0.15, -0.1) is 0 Å². The Balaban J connectivity index is 1.69. The van der Waals surface area contributed by atoms with Crippen LogP contribution in [0.1, 0.15) is 56.4 Å². The predicted molar refractivity (Wildman–Crippen MR) is 121 cm³/mol. The molecule has 0 spiro atoms. The number of nitrogens with one attached hydrogen (secondary N) is 1. The third kappa shape index (κ3) is 4.85. The van der Waals surface area contributed by atoms with Crippen LogP contribution in [0.5, 0.6) is 0 Å². The van der Waals surface area contributed by atoms with E-state index in [0.29, 0.717) is 17.8 Å².